The van der Waals surface area contributed by atoms with Crippen molar-refractivity contribution >= 4 is 5.91 Å². The largest absolute Gasteiger partial charge is 0.339 e. The van der Waals surface area contributed by atoms with Crippen LogP contribution in [0.5, 0.6) is 0 Å². The molecule has 23 heavy (non-hydrogen) atoms. The molecular weight excluding hydrogens is 299 g/mol. The van der Waals surface area contributed by atoms with Crippen LogP contribution in [0.2, 0.25) is 0 Å². The smallest absolute Gasteiger partial charge is 0.234 e. The van der Waals surface area contributed by atoms with Crippen LogP contribution in [0, 0.1) is 5.82 Å². The van der Waals surface area contributed by atoms with Gasteiger partial charge in [0.15, 0.2) is 0 Å². The average Bonchev–Trinajstić information content (AvgIpc) is 3.04. The molecule has 122 valence electrons. The van der Waals surface area contributed by atoms with Gasteiger partial charge in [-0.05, 0) is 37.1 Å². The molecule has 0 atom stereocenters. The Hall–Kier alpha value is -2.28. The van der Waals surface area contributed by atoms with Crippen molar-refractivity contribution in [1.29, 1.82) is 0 Å². The second-order valence-corrected chi connectivity index (χ2v) is 5.60. The van der Waals surface area contributed by atoms with Crippen LogP contribution in [0.15, 0.2) is 28.8 Å². The molecule has 0 spiro atoms. The van der Waals surface area contributed by atoms with Crippen LogP contribution in [0.3, 0.4) is 0 Å². The Morgan fingerprint density at radius 2 is 1.96 bits per heavy atom. The zero-order valence-corrected chi connectivity index (χ0v) is 12.8. The quantitative estimate of drug-likeness (QED) is 0.916. The molecular formula is C16H19FN4O2. The van der Waals surface area contributed by atoms with E-state index in [1.54, 1.807) is 12.1 Å². The molecule has 1 aromatic carbocycles. The van der Waals surface area contributed by atoms with Gasteiger partial charge in [0.25, 0.3) is 0 Å². The number of aromatic nitrogens is 2. The van der Waals surface area contributed by atoms with E-state index < -0.39 is 0 Å². The summed E-state index contributed by atoms with van der Waals surface area (Å²) in [5, 5.41) is 5.82. The number of rotatable bonds is 5. The van der Waals surface area contributed by atoms with E-state index in [1.807, 2.05) is 5.01 Å². The fourth-order valence-electron chi connectivity index (χ4n) is 2.53. The molecule has 6 nitrogen and oxygen atoms in total. The van der Waals surface area contributed by atoms with Gasteiger partial charge in [-0.15, -0.1) is 0 Å². The van der Waals surface area contributed by atoms with Gasteiger partial charge < -0.3 is 4.52 Å². The highest BCUT2D eigenvalue weighted by molar-refractivity contribution is 5.75. The minimum atomic E-state index is -0.313. The normalized spacial score (nSPS) is 15.5. The number of benzene rings is 1. The minimum Gasteiger partial charge on any atom is -0.339 e. The van der Waals surface area contributed by atoms with E-state index in [4.69, 9.17) is 4.52 Å². The van der Waals surface area contributed by atoms with E-state index in [2.05, 4.69) is 15.6 Å². The number of carbonyl (C=O) groups excluding carboxylic acids is 1. The van der Waals surface area contributed by atoms with Crippen LogP contribution in [0.1, 0.15) is 31.6 Å². The lowest BCUT2D eigenvalue weighted by molar-refractivity contribution is -0.126. The van der Waals surface area contributed by atoms with Crippen molar-refractivity contribution in [3.8, 4) is 11.4 Å². The summed E-state index contributed by atoms with van der Waals surface area (Å²) < 4.78 is 18.0. The zero-order chi connectivity index (χ0) is 16.1. The number of amides is 1. The van der Waals surface area contributed by atoms with Gasteiger partial charge in [0.05, 0.1) is 0 Å². The summed E-state index contributed by atoms with van der Waals surface area (Å²) in [5.74, 6) is 0.440. The number of hydrogen-bond donors (Lipinski definition) is 1. The van der Waals surface area contributed by atoms with Gasteiger partial charge in [-0.1, -0.05) is 11.6 Å². The highest BCUT2D eigenvalue weighted by Gasteiger charge is 2.14. The first-order valence-electron chi connectivity index (χ1n) is 7.84. The fourth-order valence-corrected chi connectivity index (χ4v) is 2.53. The summed E-state index contributed by atoms with van der Waals surface area (Å²) in [6, 6.07) is 5.87. The van der Waals surface area contributed by atoms with Gasteiger partial charge in [-0.25, -0.2) is 9.40 Å². The van der Waals surface area contributed by atoms with Crippen molar-refractivity contribution in [3.63, 3.8) is 0 Å². The van der Waals surface area contributed by atoms with E-state index in [0.29, 0.717) is 30.1 Å². The summed E-state index contributed by atoms with van der Waals surface area (Å²) in [4.78, 5) is 16.1. The number of nitrogens with one attached hydrogen (secondary N) is 1. The molecule has 1 N–H and O–H groups in total. The third kappa shape index (κ3) is 4.35. The SMILES string of the molecule is O=C(CCc1nc(-c2ccc(F)cc2)no1)NN1CCCCC1. The van der Waals surface area contributed by atoms with Gasteiger partial charge in [0.1, 0.15) is 5.82 Å². The number of halogens is 1. The summed E-state index contributed by atoms with van der Waals surface area (Å²) >= 11 is 0. The van der Waals surface area contributed by atoms with Gasteiger partial charge in [0, 0.05) is 31.5 Å². The van der Waals surface area contributed by atoms with E-state index in [0.717, 1.165) is 25.9 Å². The number of hydrazine groups is 1. The van der Waals surface area contributed by atoms with Crippen LogP contribution in [-0.2, 0) is 11.2 Å². The van der Waals surface area contributed by atoms with Crippen LogP contribution < -0.4 is 5.43 Å². The summed E-state index contributed by atoms with van der Waals surface area (Å²) in [6.45, 7) is 1.81. The molecule has 3 rings (SSSR count). The molecule has 1 saturated heterocycles. The van der Waals surface area contributed by atoms with Crippen LogP contribution in [0.4, 0.5) is 4.39 Å². The van der Waals surface area contributed by atoms with Crippen molar-refractivity contribution in [2.45, 2.75) is 32.1 Å². The highest BCUT2D eigenvalue weighted by atomic mass is 19.1. The Morgan fingerprint density at radius 1 is 1.22 bits per heavy atom. The molecule has 0 bridgehead atoms. The summed E-state index contributed by atoms with van der Waals surface area (Å²) in [5.41, 5.74) is 3.58. The zero-order valence-electron chi connectivity index (χ0n) is 12.8. The van der Waals surface area contributed by atoms with Gasteiger partial charge >= 0.3 is 0 Å². The number of aryl methyl sites for hydroxylation is 1. The van der Waals surface area contributed by atoms with Crippen molar-refractivity contribution < 1.29 is 13.7 Å². The third-order valence-electron chi connectivity index (χ3n) is 3.78. The van der Waals surface area contributed by atoms with Gasteiger partial charge in [0.2, 0.25) is 17.6 Å². The predicted octanol–water partition coefficient (Wildman–Crippen LogP) is 2.33. The Balaban J connectivity index is 1.50. The molecule has 7 heteroatoms. The van der Waals surface area contributed by atoms with E-state index in [-0.39, 0.29) is 11.7 Å². The second-order valence-electron chi connectivity index (χ2n) is 5.60. The predicted molar refractivity (Wildman–Crippen MR) is 81.6 cm³/mol. The van der Waals surface area contributed by atoms with Gasteiger partial charge in [-0.3, -0.25) is 10.2 Å². The van der Waals surface area contributed by atoms with E-state index >= 15 is 0 Å². The number of carbonyl (C=O) groups is 1. The molecule has 0 unspecified atom stereocenters. The molecule has 0 saturated carbocycles. The summed E-state index contributed by atoms with van der Waals surface area (Å²) in [6.07, 6.45) is 4.13. The molecule has 0 aliphatic carbocycles. The molecule has 1 aromatic heterocycles. The highest BCUT2D eigenvalue weighted by Crippen LogP contribution is 2.16. The monoisotopic (exact) mass is 318 g/mol. The van der Waals surface area contributed by atoms with E-state index in [9.17, 15) is 9.18 Å². The lowest BCUT2D eigenvalue weighted by Crippen LogP contribution is -2.45. The first-order valence-corrected chi connectivity index (χ1v) is 7.84. The maximum absolute atomic E-state index is 12.9. The summed E-state index contributed by atoms with van der Waals surface area (Å²) in [7, 11) is 0. The topological polar surface area (TPSA) is 71.3 Å². The first-order chi connectivity index (χ1) is 11.2. The van der Waals surface area contributed by atoms with Crippen LogP contribution >= 0.6 is 0 Å². The molecule has 2 heterocycles. The van der Waals surface area contributed by atoms with Gasteiger partial charge in [-0.2, -0.15) is 4.98 Å². The lowest BCUT2D eigenvalue weighted by atomic mass is 10.2. The first kappa shape index (κ1) is 15.6. The minimum absolute atomic E-state index is 0.0477. The Morgan fingerprint density at radius 3 is 2.70 bits per heavy atom. The van der Waals surface area contributed by atoms with Crippen molar-refractivity contribution in [3.05, 3.63) is 36.0 Å². The Labute approximate surface area is 133 Å². The molecule has 1 amide bonds. The fraction of sp³-hybridized carbons (Fsp3) is 0.438. The molecule has 1 aliphatic heterocycles. The number of nitrogens with zero attached hydrogens (tertiary/aromatic N) is 3. The van der Waals surface area contributed by atoms with Crippen molar-refractivity contribution in [2.75, 3.05) is 13.1 Å². The second kappa shape index (κ2) is 7.32. The Kier molecular flexibility index (Phi) is 4.97. The standard InChI is InChI=1S/C16H19FN4O2/c17-13-6-4-12(5-7-13)16-18-15(23-20-16)9-8-14(22)19-21-10-2-1-3-11-21/h4-7H,1-3,8-11H2,(H,19,22). The maximum atomic E-state index is 12.9. The lowest BCUT2D eigenvalue weighted by Gasteiger charge is -2.26. The molecule has 1 fully saturated rings. The van der Waals surface area contributed by atoms with Crippen molar-refractivity contribution in [1.82, 2.24) is 20.6 Å². The maximum Gasteiger partial charge on any atom is 0.234 e. The molecule has 0 radical (unpaired) electrons. The molecule has 1 aliphatic rings. The van der Waals surface area contributed by atoms with Crippen molar-refractivity contribution in [2.24, 2.45) is 0 Å². The number of piperidine rings is 1. The number of hydrogen-bond acceptors (Lipinski definition) is 5. The Bertz CT molecular complexity index is 650. The van der Waals surface area contributed by atoms with E-state index in [1.165, 1.54) is 18.6 Å². The molecule has 2 aromatic rings. The third-order valence-corrected chi connectivity index (χ3v) is 3.78. The van der Waals surface area contributed by atoms with Crippen LogP contribution in [0.25, 0.3) is 11.4 Å². The van der Waals surface area contributed by atoms with Crippen LogP contribution in [-0.4, -0.2) is 34.1 Å². The average molecular weight is 318 g/mol.